The van der Waals surface area contributed by atoms with Crippen molar-refractivity contribution in [1.82, 2.24) is 4.90 Å². The molecule has 3 heteroatoms. The molecule has 1 fully saturated rings. The van der Waals surface area contributed by atoms with Crippen LogP contribution in [0.3, 0.4) is 0 Å². The highest BCUT2D eigenvalue weighted by Crippen LogP contribution is 2.40. The van der Waals surface area contributed by atoms with Crippen LogP contribution in [0, 0.1) is 19.8 Å². The van der Waals surface area contributed by atoms with E-state index in [0.717, 1.165) is 49.4 Å². The first-order valence-electron chi connectivity index (χ1n) is 7.97. The van der Waals surface area contributed by atoms with Gasteiger partial charge in [-0.1, -0.05) is 26.0 Å². The van der Waals surface area contributed by atoms with Crippen LogP contribution in [0.15, 0.2) is 12.1 Å². The molecule has 1 heterocycles. The maximum absolute atomic E-state index is 11.1. The highest BCUT2D eigenvalue weighted by Gasteiger charge is 2.36. The molecule has 0 unspecified atom stereocenters. The first kappa shape index (κ1) is 16.3. The number of methoxy groups -OCH3 is 1. The Morgan fingerprint density at radius 1 is 1.24 bits per heavy atom. The van der Waals surface area contributed by atoms with Crippen molar-refractivity contribution in [2.75, 3.05) is 26.7 Å². The maximum Gasteiger partial charge on any atom is 0.128 e. The lowest BCUT2D eigenvalue weighted by atomic mass is 9.82. The molecule has 0 saturated carbocycles. The lowest BCUT2D eigenvalue weighted by molar-refractivity contribution is -0.0295. The van der Waals surface area contributed by atoms with Gasteiger partial charge in [0.2, 0.25) is 0 Å². The van der Waals surface area contributed by atoms with Gasteiger partial charge < -0.3 is 14.7 Å². The Morgan fingerprint density at radius 2 is 1.86 bits per heavy atom. The van der Waals surface area contributed by atoms with Crippen LogP contribution < -0.4 is 4.74 Å². The summed E-state index contributed by atoms with van der Waals surface area (Å²) in [6, 6.07) is 4.13. The summed E-state index contributed by atoms with van der Waals surface area (Å²) in [7, 11) is 1.70. The van der Waals surface area contributed by atoms with Crippen molar-refractivity contribution < 1.29 is 9.84 Å². The van der Waals surface area contributed by atoms with Crippen LogP contribution in [0.25, 0.3) is 0 Å². The SMILES string of the molecule is COc1c(C2(O)CCN(CC(C)C)CC2)ccc(C)c1C. The predicted molar refractivity (Wildman–Crippen MR) is 86.9 cm³/mol. The molecular weight excluding hydrogens is 262 g/mol. The Labute approximate surface area is 128 Å². The van der Waals surface area contributed by atoms with E-state index in [4.69, 9.17) is 4.74 Å². The zero-order valence-corrected chi connectivity index (χ0v) is 14.1. The molecule has 0 radical (unpaired) electrons. The second kappa shape index (κ2) is 6.37. The molecule has 21 heavy (non-hydrogen) atoms. The smallest absolute Gasteiger partial charge is 0.128 e. The predicted octanol–water partition coefficient (Wildman–Crippen LogP) is 3.25. The summed E-state index contributed by atoms with van der Waals surface area (Å²) < 4.78 is 5.59. The zero-order valence-electron chi connectivity index (χ0n) is 14.1. The van der Waals surface area contributed by atoms with Gasteiger partial charge in [0.15, 0.2) is 0 Å². The molecule has 3 nitrogen and oxygen atoms in total. The normalized spacial score (nSPS) is 19.0. The second-order valence-electron chi connectivity index (χ2n) is 6.81. The number of nitrogens with zero attached hydrogens (tertiary/aromatic N) is 1. The quantitative estimate of drug-likeness (QED) is 0.924. The van der Waals surface area contributed by atoms with Gasteiger partial charge in [-0.3, -0.25) is 0 Å². The topological polar surface area (TPSA) is 32.7 Å². The summed E-state index contributed by atoms with van der Waals surface area (Å²) in [5, 5.41) is 11.1. The number of ether oxygens (including phenoxy) is 1. The van der Waals surface area contributed by atoms with Gasteiger partial charge in [-0.2, -0.15) is 0 Å². The van der Waals surface area contributed by atoms with Gasteiger partial charge in [-0.25, -0.2) is 0 Å². The minimum Gasteiger partial charge on any atom is -0.496 e. The zero-order chi connectivity index (χ0) is 15.6. The lowest BCUT2D eigenvalue weighted by Gasteiger charge is -2.40. The molecule has 1 aromatic rings. The van der Waals surface area contributed by atoms with Crippen molar-refractivity contribution in [2.24, 2.45) is 5.92 Å². The Kier molecular flexibility index (Phi) is 4.95. The summed E-state index contributed by atoms with van der Waals surface area (Å²) in [6.45, 7) is 11.6. The third-order valence-corrected chi connectivity index (χ3v) is 4.69. The average Bonchev–Trinajstić information content (AvgIpc) is 2.44. The number of aryl methyl sites for hydroxylation is 1. The molecule has 1 aliphatic heterocycles. The van der Waals surface area contributed by atoms with Gasteiger partial charge in [-0.05, 0) is 43.7 Å². The Morgan fingerprint density at radius 3 is 2.38 bits per heavy atom. The number of rotatable bonds is 4. The standard InChI is InChI=1S/C18H29NO2/c1-13(2)12-19-10-8-18(20,9-11-19)16-7-6-14(3)15(4)17(16)21-5/h6-7,13,20H,8-12H2,1-5H3. The Bertz CT molecular complexity index is 488. The number of piperidine rings is 1. The summed E-state index contributed by atoms with van der Waals surface area (Å²) in [6.07, 6.45) is 1.55. The van der Waals surface area contributed by atoms with E-state index >= 15 is 0 Å². The van der Waals surface area contributed by atoms with Crippen LogP contribution in [-0.2, 0) is 5.60 Å². The van der Waals surface area contributed by atoms with E-state index < -0.39 is 5.60 Å². The number of likely N-dealkylation sites (tertiary alicyclic amines) is 1. The van der Waals surface area contributed by atoms with Crippen LogP contribution in [0.4, 0.5) is 0 Å². The van der Waals surface area contributed by atoms with Crippen molar-refractivity contribution in [1.29, 1.82) is 0 Å². The Hall–Kier alpha value is -1.06. The molecular formula is C18H29NO2. The molecule has 0 spiro atoms. The van der Waals surface area contributed by atoms with E-state index in [1.54, 1.807) is 7.11 Å². The highest BCUT2D eigenvalue weighted by atomic mass is 16.5. The monoisotopic (exact) mass is 291 g/mol. The fourth-order valence-corrected chi connectivity index (χ4v) is 3.31. The number of aliphatic hydroxyl groups is 1. The van der Waals surface area contributed by atoms with Crippen LogP contribution in [0.1, 0.15) is 43.4 Å². The van der Waals surface area contributed by atoms with Gasteiger partial charge in [0.05, 0.1) is 12.7 Å². The molecule has 0 aliphatic carbocycles. The minimum atomic E-state index is -0.753. The van der Waals surface area contributed by atoms with Crippen molar-refractivity contribution in [3.63, 3.8) is 0 Å². The van der Waals surface area contributed by atoms with Gasteiger partial charge in [0.1, 0.15) is 5.75 Å². The van der Waals surface area contributed by atoms with Crippen LogP contribution in [-0.4, -0.2) is 36.8 Å². The first-order valence-corrected chi connectivity index (χ1v) is 7.97. The fourth-order valence-electron chi connectivity index (χ4n) is 3.31. The summed E-state index contributed by atoms with van der Waals surface area (Å²) >= 11 is 0. The fraction of sp³-hybridized carbons (Fsp3) is 0.667. The van der Waals surface area contributed by atoms with Gasteiger partial charge in [0.25, 0.3) is 0 Å². The molecule has 2 rings (SSSR count). The second-order valence-corrected chi connectivity index (χ2v) is 6.81. The molecule has 0 amide bonds. The summed E-state index contributed by atoms with van der Waals surface area (Å²) in [5.41, 5.74) is 2.54. The van der Waals surface area contributed by atoms with E-state index in [9.17, 15) is 5.11 Å². The molecule has 1 aliphatic rings. The van der Waals surface area contributed by atoms with E-state index in [1.165, 1.54) is 5.56 Å². The third-order valence-electron chi connectivity index (χ3n) is 4.69. The van der Waals surface area contributed by atoms with E-state index in [-0.39, 0.29) is 0 Å². The molecule has 0 bridgehead atoms. The molecule has 0 aromatic heterocycles. The van der Waals surface area contributed by atoms with Crippen molar-refractivity contribution in [3.05, 3.63) is 28.8 Å². The maximum atomic E-state index is 11.1. The summed E-state index contributed by atoms with van der Waals surface area (Å²) in [5.74, 6) is 1.53. The minimum absolute atomic E-state index is 0.673. The lowest BCUT2D eigenvalue weighted by Crippen LogP contribution is -2.44. The van der Waals surface area contributed by atoms with Gasteiger partial charge in [0, 0.05) is 25.2 Å². The van der Waals surface area contributed by atoms with Gasteiger partial charge in [-0.15, -0.1) is 0 Å². The Balaban J connectivity index is 2.21. The molecule has 118 valence electrons. The van der Waals surface area contributed by atoms with Crippen molar-refractivity contribution in [3.8, 4) is 5.75 Å². The van der Waals surface area contributed by atoms with Crippen LogP contribution in [0.2, 0.25) is 0 Å². The van der Waals surface area contributed by atoms with Crippen molar-refractivity contribution in [2.45, 2.75) is 46.1 Å². The van der Waals surface area contributed by atoms with E-state index in [2.05, 4.69) is 38.7 Å². The summed E-state index contributed by atoms with van der Waals surface area (Å²) in [4.78, 5) is 2.45. The van der Waals surface area contributed by atoms with E-state index in [0.29, 0.717) is 5.92 Å². The van der Waals surface area contributed by atoms with E-state index in [1.807, 2.05) is 6.07 Å². The first-order chi connectivity index (χ1) is 9.87. The largest absolute Gasteiger partial charge is 0.496 e. The number of hydrogen-bond donors (Lipinski definition) is 1. The number of hydrogen-bond acceptors (Lipinski definition) is 3. The number of benzene rings is 1. The third kappa shape index (κ3) is 3.41. The van der Waals surface area contributed by atoms with Crippen LogP contribution >= 0.6 is 0 Å². The van der Waals surface area contributed by atoms with Gasteiger partial charge >= 0.3 is 0 Å². The molecule has 1 saturated heterocycles. The molecule has 1 N–H and O–H groups in total. The van der Waals surface area contributed by atoms with Crippen molar-refractivity contribution >= 4 is 0 Å². The highest BCUT2D eigenvalue weighted by molar-refractivity contribution is 5.48. The average molecular weight is 291 g/mol. The molecule has 0 atom stereocenters. The molecule has 1 aromatic carbocycles. The van der Waals surface area contributed by atoms with Crippen LogP contribution in [0.5, 0.6) is 5.75 Å².